The van der Waals surface area contributed by atoms with Crippen molar-refractivity contribution < 1.29 is 23.5 Å². The van der Waals surface area contributed by atoms with Crippen molar-refractivity contribution in [3.05, 3.63) is 24.0 Å². The Morgan fingerprint density at radius 2 is 1.59 bits per heavy atom. The molecular weight excluding hydrogens is 475 g/mol. The van der Waals surface area contributed by atoms with Gasteiger partial charge in [-0.15, -0.1) is 0 Å². The molecule has 206 valence electrons. The summed E-state index contributed by atoms with van der Waals surface area (Å²) in [5.74, 6) is 0.215. The average Bonchev–Trinajstić information content (AvgIpc) is 2.86. The molecule has 1 aromatic carbocycles. The Bertz CT molecular complexity index is 948. The van der Waals surface area contributed by atoms with E-state index >= 15 is 0 Å². The maximum absolute atomic E-state index is 15.0. The zero-order chi connectivity index (χ0) is 27.2. The fourth-order valence-corrected chi connectivity index (χ4v) is 5.38. The number of carbonyl (C=O) groups excluding carboxylic acids is 3. The van der Waals surface area contributed by atoms with Crippen LogP contribution in [-0.4, -0.2) is 60.6 Å². The van der Waals surface area contributed by atoms with Gasteiger partial charge in [0.05, 0.1) is 5.69 Å². The molecule has 3 aliphatic heterocycles. The van der Waals surface area contributed by atoms with Crippen LogP contribution in [0, 0.1) is 17.7 Å². The summed E-state index contributed by atoms with van der Waals surface area (Å²) >= 11 is 0. The summed E-state index contributed by atoms with van der Waals surface area (Å²) < 4.78 is 20.4. The van der Waals surface area contributed by atoms with Gasteiger partial charge in [-0.3, -0.25) is 14.9 Å². The summed E-state index contributed by atoms with van der Waals surface area (Å²) in [6.07, 6.45) is 4.44. The number of carbonyl (C=O) groups is 3. The van der Waals surface area contributed by atoms with Crippen LogP contribution in [0.1, 0.15) is 73.1 Å². The van der Waals surface area contributed by atoms with Crippen molar-refractivity contribution in [2.24, 2.45) is 11.8 Å². The number of benzene rings is 1. The molecule has 4 rings (SSSR count). The maximum atomic E-state index is 15.0. The lowest BCUT2D eigenvalue weighted by Gasteiger charge is -2.41. The number of rotatable bonds is 4. The summed E-state index contributed by atoms with van der Waals surface area (Å²) in [5.41, 5.74) is 0.638. The van der Waals surface area contributed by atoms with E-state index in [0.717, 1.165) is 51.9 Å². The third-order valence-electron chi connectivity index (χ3n) is 7.27. The third kappa shape index (κ3) is 7.82. The van der Waals surface area contributed by atoms with Crippen LogP contribution < -0.4 is 15.5 Å². The van der Waals surface area contributed by atoms with Gasteiger partial charge in [0.25, 0.3) is 0 Å². The molecule has 3 amide bonds. The highest BCUT2D eigenvalue weighted by Gasteiger charge is 2.33. The van der Waals surface area contributed by atoms with Crippen molar-refractivity contribution in [1.29, 1.82) is 0 Å². The van der Waals surface area contributed by atoms with Crippen molar-refractivity contribution in [2.75, 3.05) is 36.4 Å². The molecule has 1 unspecified atom stereocenters. The fourth-order valence-electron chi connectivity index (χ4n) is 5.38. The number of nitrogens with one attached hydrogen (secondary N) is 2. The molecule has 3 heterocycles. The summed E-state index contributed by atoms with van der Waals surface area (Å²) in [5, 5.41) is 5.34. The van der Waals surface area contributed by atoms with Crippen LogP contribution in [0.5, 0.6) is 0 Å². The molecule has 0 radical (unpaired) electrons. The topological polar surface area (TPSA) is 91.0 Å². The zero-order valence-electron chi connectivity index (χ0n) is 22.9. The standard InChI is InChI=1S/C26H37FN4O4.C2H6/c1-26(2,3)35-25(34)31-14-10-18(11-15-31)17-8-12-30(13-9-17)22-6-4-19(16-20(22)27)28-21-5-7-23(32)29-24(21)33;1-2/h4,6,16-18,21,28H,5,7-15H2,1-3H3,(H,29,32,33);1-2H3. The van der Waals surface area contributed by atoms with Crippen molar-refractivity contribution in [3.63, 3.8) is 0 Å². The summed E-state index contributed by atoms with van der Waals surface area (Å²) in [4.78, 5) is 39.5. The van der Waals surface area contributed by atoms with Crippen molar-refractivity contribution >= 4 is 29.3 Å². The Balaban J connectivity index is 0.00000186. The average molecular weight is 519 g/mol. The van der Waals surface area contributed by atoms with E-state index in [4.69, 9.17) is 4.74 Å². The Labute approximate surface area is 220 Å². The molecule has 3 saturated heterocycles. The summed E-state index contributed by atoms with van der Waals surface area (Å²) in [6, 6.07) is 4.46. The second-order valence-electron chi connectivity index (χ2n) is 10.9. The molecule has 0 aliphatic carbocycles. The minimum absolute atomic E-state index is 0.225. The number of hydrogen-bond donors (Lipinski definition) is 2. The predicted molar refractivity (Wildman–Crippen MR) is 143 cm³/mol. The second kappa shape index (κ2) is 12.6. The first kappa shape index (κ1) is 28.7. The van der Waals surface area contributed by atoms with Crippen molar-refractivity contribution in [1.82, 2.24) is 10.2 Å². The number of anilines is 2. The maximum Gasteiger partial charge on any atom is 0.410 e. The molecule has 3 aliphatic rings. The number of nitrogens with zero attached hydrogens (tertiary/aromatic N) is 2. The number of amides is 3. The first-order valence-electron chi connectivity index (χ1n) is 13.7. The van der Waals surface area contributed by atoms with Crippen LogP contribution in [0.3, 0.4) is 0 Å². The van der Waals surface area contributed by atoms with E-state index in [2.05, 4.69) is 15.5 Å². The van der Waals surface area contributed by atoms with E-state index in [9.17, 15) is 18.8 Å². The Morgan fingerprint density at radius 3 is 2.14 bits per heavy atom. The third-order valence-corrected chi connectivity index (χ3v) is 7.27. The quantitative estimate of drug-likeness (QED) is 0.549. The lowest BCUT2D eigenvalue weighted by atomic mass is 9.79. The fraction of sp³-hybridized carbons (Fsp3) is 0.679. The summed E-state index contributed by atoms with van der Waals surface area (Å²) in [7, 11) is 0. The molecule has 0 saturated carbocycles. The normalized spacial score (nSPS) is 21.6. The molecular formula is C28H43FN4O4. The number of hydrogen-bond acceptors (Lipinski definition) is 6. The van der Waals surface area contributed by atoms with E-state index in [-0.39, 0.29) is 30.1 Å². The van der Waals surface area contributed by atoms with E-state index in [1.165, 1.54) is 6.07 Å². The van der Waals surface area contributed by atoms with Crippen LogP contribution in [0.4, 0.5) is 20.6 Å². The SMILES string of the molecule is CC.CC(C)(C)OC(=O)N1CCC(C2CCN(c3ccc(NC4CCC(=O)NC4=O)cc3F)CC2)CC1. The highest BCUT2D eigenvalue weighted by molar-refractivity contribution is 6.01. The summed E-state index contributed by atoms with van der Waals surface area (Å²) in [6.45, 7) is 12.7. The van der Waals surface area contributed by atoms with Crippen LogP contribution in [0.25, 0.3) is 0 Å². The highest BCUT2D eigenvalue weighted by Crippen LogP contribution is 2.35. The minimum Gasteiger partial charge on any atom is -0.444 e. The van der Waals surface area contributed by atoms with Gasteiger partial charge in [0, 0.05) is 38.3 Å². The predicted octanol–water partition coefficient (Wildman–Crippen LogP) is 4.93. The van der Waals surface area contributed by atoms with E-state index in [0.29, 0.717) is 29.6 Å². The van der Waals surface area contributed by atoms with Crippen LogP contribution >= 0.6 is 0 Å². The number of imide groups is 1. The Morgan fingerprint density at radius 1 is 1.00 bits per heavy atom. The van der Waals surface area contributed by atoms with E-state index < -0.39 is 11.6 Å². The van der Waals surface area contributed by atoms with Crippen molar-refractivity contribution in [2.45, 2.75) is 84.8 Å². The van der Waals surface area contributed by atoms with Gasteiger partial charge in [-0.05, 0) is 82.9 Å². The molecule has 2 N–H and O–H groups in total. The van der Waals surface area contributed by atoms with E-state index in [1.54, 1.807) is 12.1 Å². The van der Waals surface area contributed by atoms with Crippen molar-refractivity contribution in [3.8, 4) is 0 Å². The van der Waals surface area contributed by atoms with Crippen LogP contribution in [0.15, 0.2) is 18.2 Å². The molecule has 9 heteroatoms. The lowest BCUT2D eigenvalue weighted by Crippen LogP contribution is -2.47. The molecule has 1 aromatic rings. The lowest BCUT2D eigenvalue weighted by molar-refractivity contribution is -0.133. The first-order valence-corrected chi connectivity index (χ1v) is 13.7. The molecule has 0 spiro atoms. The monoisotopic (exact) mass is 518 g/mol. The van der Waals surface area contributed by atoms with Gasteiger partial charge in [-0.2, -0.15) is 0 Å². The molecule has 37 heavy (non-hydrogen) atoms. The second-order valence-corrected chi connectivity index (χ2v) is 10.9. The molecule has 3 fully saturated rings. The smallest absolute Gasteiger partial charge is 0.410 e. The number of ether oxygens (including phenoxy) is 1. The molecule has 0 aromatic heterocycles. The Hall–Kier alpha value is -2.84. The van der Waals surface area contributed by atoms with Gasteiger partial charge in [-0.25, -0.2) is 9.18 Å². The highest BCUT2D eigenvalue weighted by atomic mass is 19.1. The van der Waals surface area contributed by atoms with Gasteiger partial charge in [0.2, 0.25) is 11.8 Å². The van der Waals surface area contributed by atoms with Gasteiger partial charge in [-0.1, -0.05) is 13.8 Å². The number of piperidine rings is 3. The first-order chi connectivity index (χ1) is 17.6. The van der Waals surface area contributed by atoms with Gasteiger partial charge in [0.1, 0.15) is 17.5 Å². The number of likely N-dealkylation sites (tertiary alicyclic amines) is 1. The van der Waals surface area contributed by atoms with Crippen LogP contribution in [-0.2, 0) is 14.3 Å². The van der Waals surface area contributed by atoms with E-state index in [1.807, 2.05) is 39.5 Å². The minimum atomic E-state index is -0.532. The van der Waals surface area contributed by atoms with Gasteiger partial charge < -0.3 is 19.9 Å². The molecule has 8 nitrogen and oxygen atoms in total. The van der Waals surface area contributed by atoms with Crippen LogP contribution in [0.2, 0.25) is 0 Å². The van der Waals surface area contributed by atoms with Gasteiger partial charge >= 0.3 is 6.09 Å². The molecule has 1 atom stereocenters. The zero-order valence-corrected chi connectivity index (χ0v) is 22.9. The number of halogens is 1. The van der Waals surface area contributed by atoms with Gasteiger partial charge in [0.15, 0.2) is 0 Å². The molecule has 0 bridgehead atoms. The largest absolute Gasteiger partial charge is 0.444 e. The Kier molecular flexibility index (Phi) is 9.79.